The largest absolute Gasteiger partial charge is 0.393 e. The average molecular weight is 273 g/mol. The van der Waals surface area contributed by atoms with Crippen molar-refractivity contribution in [2.45, 2.75) is 76.8 Å². The number of rotatable bonds is 10. The average Bonchev–Trinajstić information content (AvgIpc) is 2.37. The zero-order valence-electron chi connectivity index (χ0n) is 11.9. The Hall–Kier alpha value is -0.520. The zero-order valence-corrected chi connectivity index (χ0v) is 11.9. The normalized spacial score (nSPS) is 27.4. The predicted octanol–water partition coefficient (Wildman–Crippen LogP) is 3.00. The van der Waals surface area contributed by atoms with Gasteiger partial charge in [-0.2, -0.15) is 4.91 Å². The molecule has 0 saturated carbocycles. The van der Waals surface area contributed by atoms with Crippen molar-refractivity contribution in [1.82, 2.24) is 0 Å². The second-order valence-corrected chi connectivity index (χ2v) is 5.26. The Morgan fingerprint density at radius 3 is 2.68 bits per heavy atom. The van der Waals surface area contributed by atoms with Gasteiger partial charge in [0, 0.05) is 19.4 Å². The summed E-state index contributed by atoms with van der Waals surface area (Å²) in [6.07, 6.45) is 7.15. The maximum Gasteiger partial charge on any atom is 0.160 e. The van der Waals surface area contributed by atoms with Crippen molar-refractivity contribution in [2.75, 3.05) is 13.2 Å². The molecule has 19 heavy (non-hydrogen) atoms. The highest BCUT2D eigenvalue weighted by atomic mass is 16.7. The lowest BCUT2D eigenvalue weighted by Crippen LogP contribution is -2.38. The molecule has 1 N–H and O–H groups in total. The summed E-state index contributed by atoms with van der Waals surface area (Å²) >= 11 is 0. The third-order valence-electron chi connectivity index (χ3n) is 3.42. The van der Waals surface area contributed by atoms with Gasteiger partial charge < -0.3 is 14.6 Å². The van der Waals surface area contributed by atoms with Crippen molar-refractivity contribution < 1.29 is 14.6 Å². The predicted molar refractivity (Wildman–Crippen MR) is 73.9 cm³/mol. The quantitative estimate of drug-likeness (QED) is 0.491. The number of ether oxygens (including phenoxy) is 2. The van der Waals surface area contributed by atoms with Gasteiger partial charge in [0.2, 0.25) is 0 Å². The van der Waals surface area contributed by atoms with Crippen molar-refractivity contribution in [3.8, 4) is 0 Å². The van der Waals surface area contributed by atoms with Gasteiger partial charge in [-0.15, -0.1) is 0 Å². The molecule has 112 valence electrons. The minimum atomic E-state index is -0.449. The molecular formula is C14H27NO4. The number of aliphatic hydroxyl groups excluding tert-OH is 1. The van der Waals surface area contributed by atoms with Crippen molar-refractivity contribution >= 4 is 0 Å². The summed E-state index contributed by atoms with van der Waals surface area (Å²) < 4.78 is 11.2. The van der Waals surface area contributed by atoms with E-state index in [1.807, 2.05) is 0 Å². The Morgan fingerprint density at radius 1 is 1.21 bits per heavy atom. The van der Waals surface area contributed by atoms with E-state index in [0.717, 1.165) is 6.42 Å². The van der Waals surface area contributed by atoms with Crippen LogP contribution in [0, 0.1) is 4.91 Å². The van der Waals surface area contributed by atoms with Crippen molar-refractivity contribution in [2.24, 2.45) is 5.18 Å². The van der Waals surface area contributed by atoms with Crippen LogP contribution >= 0.6 is 0 Å². The van der Waals surface area contributed by atoms with Gasteiger partial charge in [0.15, 0.2) is 6.29 Å². The summed E-state index contributed by atoms with van der Waals surface area (Å²) in [5.41, 5.74) is 0. The van der Waals surface area contributed by atoms with Gasteiger partial charge in [0.1, 0.15) is 6.54 Å². The number of hydrogen-bond donors (Lipinski definition) is 1. The smallest absolute Gasteiger partial charge is 0.160 e. The Bertz CT molecular complexity index is 237. The molecule has 0 radical (unpaired) electrons. The lowest BCUT2D eigenvalue weighted by Gasteiger charge is -2.31. The lowest BCUT2D eigenvalue weighted by molar-refractivity contribution is -0.212. The van der Waals surface area contributed by atoms with Crippen molar-refractivity contribution in [3.05, 3.63) is 4.91 Å². The zero-order chi connectivity index (χ0) is 13.9. The molecule has 1 saturated heterocycles. The number of nitrogens with zero attached hydrogens (tertiary/aromatic N) is 1. The van der Waals surface area contributed by atoms with Gasteiger partial charge >= 0.3 is 0 Å². The fourth-order valence-corrected chi connectivity index (χ4v) is 2.35. The molecule has 1 heterocycles. The lowest BCUT2D eigenvalue weighted by atomic mass is 10.1. The van der Waals surface area contributed by atoms with Crippen LogP contribution in [-0.2, 0) is 9.47 Å². The Labute approximate surface area is 115 Å². The van der Waals surface area contributed by atoms with E-state index in [2.05, 4.69) is 12.1 Å². The van der Waals surface area contributed by atoms with Gasteiger partial charge in [-0.05, 0) is 6.42 Å². The van der Waals surface area contributed by atoms with E-state index in [9.17, 15) is 10.0 Å². The maximum atomic E-state index is 10.2. The molecule has 3 atom stereocenters. The van der Waals surface area contributed by atoms with Crippen LogP contribution in [0.4, 0.5) is 0 Å². The molecular weight excluding hydrogens is 246 g/mol. The molecule has 5 nitrogen and oxygen atoms in total. The maximum absolute atomic E-state index is 10.2. The summed E-state index contributed by atoms with van der Waals surface area (Å²) in [6.45, 7) is 2.96. The minimum absolute atomic E-state index is 0.0912. The van der Waals surface area contributed by atoms with Crippen LogP contribution in [0.2, 0.25) is 0 Å². The van der Waals surface area contributed by atoms with Gasteiger partial charge in [0.05, 0.1) is 12.2 Å². The molecule has 5 heteroatoms. The van der Waals surface area contributed by atoms with E-state index in [-0.39, 0.29) is 18.9 Å². The first-order valence-electron chi connectivity index (χ1n) is 7.50. The summed E-state index contributed by atoms with van der Waals surface area (Å²) in [5.74, 6) is 0. The highest BCUT2D eigenvalue weighted by molar-refractivity contribution is 4.74. The molecule has 0 amide bonds. The summed E-state index contributed by atoms with van der Waals surface area (Å²) in [4.78, 5) is 10.2. The van der Waals surface area contributed by atoms with E-state index in [1.165, 1.54) is 32.1 Å². The molecule has 0 aromatic carbocycles. The molecule has 1 fully saturated rings. The van der Waals surface area contributed by atoms with Crippen LogP contribution in [0.5, 0.6) is 0 Å². The van der Waals surface area contributed by atoms with E-state index < -0.39 is 6.10 Å². The molecule has 1 aliphatic rings. The highest BCUT2D eigenvalue weighted by Crippen LogP contribution is 2.21. The second-order valence-electron chi connectivity index (χ2n) is 5.26. The molecule has 0 aromatic rings. The standard InChI is InChI=1S/C14H27NO4/c1-2-3-4-5-6-7-8-18-14-10-12(16)9-13(19-14)11-15-17/h12-14,16H,2-11H2,1H3/t12-,13-,14+/m0/s1. The number of aliphatic hydroxyl groups is 1. The molecule has 0 unspecified atom stereocenters. The fourth-order valence-electron chi connectivity index (χ4n) is 2.35. The Kier molecular flexibility index (Phi) is 8.95. The topological polar surface area (TPSA) is 68.1 Å². The van der Waals surface area contributed by atoms with Gasteiger partial charge in [-0.3, -0.25) is 0 Å². The third kappa shape index (κ3) is 7.60. The Balaban J connectivity index is 2.06. The van der Waals surface area contributed by atoms with Crippen LogP contribution < -0.4 is 0 Å². The highest BCUT2D eigenvalue weighted by Gasteiger charge is 2.28. The number of unbranched alkanes of at least 4 members (excludes halogenated alkanes) is 5. The minimum Gasteiger partial charge on any atom is -0.393 e. The monoisotopic (exact) mass is 273 g/mol. The van der Waals surface area contributed by atoms with E-state index >= 15 is 0 Å². The molecule has 0 spiro atoms. The molecule has 0 bridgehead atoms. The van der Waals surface area contributed by atoms with Gasteiger partial charge in [0.25, 0.3) is 0 Å². The van der Waals surface area contributed by atoms with Crippen LogP contribution in [0.15, 0.2) is 5.18 Å². The summed E-state index contributed by atoms with van der Waals surface area (Å²) in [6, 6.07) is 0. The number of hydrogen-bond acceptors (Lipinski definition) is 5. The fraction of sp³-hybridized carbons (Fsp3) is 1.00. The van der Waals surface area contributed by atoms with Gasteiger partial charge in [-0.25, -0.2) is 0 Å². The van der Waals surface area contributed by atoms with E-state index in [0.29, 0.717) is 19.4 Å². The molecule has 1 aliphatic heterocycles. The van der Waals surface area contributed by atoms with Crippen molar-refractivity contribution in [3.63, 3.8) is 0 Å². The van der Waals surface area contributed by atoms with E-state index in [4.69, 9.17) is 9.47 Å². The Morgan fingerprint density at radius 2 is 1.95 bits per heavy atom. The van der Waals surface area contributed by atoms with Crippen LogP contribution in [0.1, 0.15) is 58.3 Å². The number of nitroso groups, excluding NO2 is 1. The van der Waals surface area contributed by atoms with Crippen LogP contribution in [-0.4, -0.2) is 36.8 Å². The van der Waals surface area contributed by atoms with Crippen molar-refractivity contribution in [1.29, 1.82) is 0 Å². The first-order valence-corrected chi connectivity index (χ1v) is 7.50. The molecule has 1 rings (SSSR count). The first kappa shape index (κ1) is 16.5. The summed E-state index contributed by atoms with van der Waals surface area (Å²) in [7, 11) is 0. The molecule has 0 aliphatic carbocycles. The molecule has 0 aromatic heterocycles. The second kappa shape index (κ2) is 10.3. The third-order valence-corrected chi connectivity index (χ3v) is 3.42. The first-order chi connectivity index (χ1) is 9.26. The van der Waals surface area contributed by atoms with Crippen LogP contribution in [0.3, 0.4) is 0 Å². The van der Waals surface area contributed by atoms with Gasteiger partial charge in [-0.1, -0.05) is 44.2 Å². The SMILES string of the molecule is CCCCCCCCO[C@H]1C[C@@H](O)C[C@@H](CN=O)O1. The van der Waals surface area contributed by atoms with Crippen LogP contribution in [0.25, 0.3) is 0 Å². The van der Waals surface area contributed by atoms with E-state index in [1.54, 1.807) is 0 Å². The summed E-state index contributed by atoms with van der Waals surface area (Å²) in [5, 5.41) is 12.5.